The number of terminal acetylenes is 1. The standard InChI is InChI=1S/C33H43N3O4/c1-5-22-9-6-10-23(15-22)17-26(36-30(38)29-11-7-14-39-29)28(37)21-34-27-19-33(12-8-13-33)40-31-25(27)16-24(20-35-31)18-32(2,3)4/h1,6,9-10,15-16,20,26-29,34,37H,7-8,11-14,17-19,21H2,2-4H3,(H,36,38)/t26-,27-,28+,29?/m0/s1. The molecule has 214 valence electrons. The highest BCUT2D eigenvalue weighted by molar-refractivity contribution is 5.81. The van der Waals surface area contributed by atoms with Gasteiger partial charge >= 0.3 is 0 Å². The lowest BCUT2D eigenvalue weighted by Crippen LogP contribution is -2.53. The maximum Gasteiger partial charge on any atom is 0.249 e. The van der Waals surface area contributed by atoms with Crippen molar-refractivity contribution in [2.24, 2.45) is 5.41 Å². The molecule has 3 aliphatic rings. The van der Waals surface area contributed by atoms with Gasteiger partial charge in [-0.25, -0.2) is 4.98 Å². The van der Waals surface area contributed by atoms with Gasteiger partial charge in [-0.05, 0) is 79.7 Å². The van der Waals surface area contributed by atoms with Crippen molar-refractivity contribution in [1.29, 1.82) is 0 Å². The van der Waals surface area contributed by atoms with E-state index in [0.29, 0.717) is 31.9 Å². The summed E-state index contributed by atoms with van der Waals surface area (Å²) in [7, 11) is 0. The van der Waals surface area contributed by atoms with Crippen molar-refractivity contribution in [3.63, 3.8) is 0 Å². The Morgan fingerprint density at radius 3 is 2.75 bits per heavy atom. The Kier molecular flexibility index (Phi) is 8.51. The normalized spacial score (nSPS) is 22.9. The van der Waals surface area contributed by atoms with Crippen LogP contribution in [0.1, 0.15) is 87.6 Å². The van der Waals surface area contributed by atoms with Gasteiger partial charge in [0.15, 0.2) is 0 Å². The molecule has 1 aromatic heterocycles. The molecule has 1 saturated heterocycles. The monoisotopic (exact) mass is 545 g/mol. The number of nitrogens with zero attached hydrogens (tertiary/aromatic N) is 1. The van der Waals surface area contributed by atoms with Crippen LogP contribution in [-0.2, 0) is 22.4 Å². The number of nitrogens with one attached hydrogen (secondary N) is 2. The van der Waals surface area contributed by atoms with E-state index in [0.717, 1.165) is 55.2 Å². The number of carbonyl (C=O) groups is 1. The van der Waals surface area contributed by atoms with Crippen molar-refractivity contribution in [1.82, 2.24) is 15.6 Å². The highest BCUT2D eigenvalue weighted by atomic mass is 16.5. The van der Waals surface area contributed by atoms with Crippen molar-refractivity contribution in [3.05, 3.63) is 58.8 Å². The summed E-state index contributed by atoms with van der Waals surface area (Å²) in [6, 6.07) is 9.41. The molecule has 0 radical (unpaired) electrons. The van der Waals surface area contributed by atoms with Crippen molar-refractivity contribution < 1.29 is 19.4 Å². The van der Waals surface area contributed by atoms with Gasteiger partial charge in [-0.3, -0.25) is 4.79 Å². The van der Waals surface area contributed by atoms with Crippen LogP contribution in [0.3, 0.4) is 0 Å². The van der Waals surface area contributed by atoms with Crippen molar-refractivity contribution in [2.45, 2.75) is 102 Å². The summed E-state index contributed by atoms with van der Waals surface area (Å²) in [6.45, 7) is 7.58. The minimum atomic E-state index is -0.825. The van der Waals surface area contributed by atoms with Crippen LogP contribution in [0, 0.1) is 17.8 Å². The summed E-state index contributed by atoms with van der Waals surface area (Å²) in [5.74, 6) is 3.20. The first kappa shape index (κ1) is 28.6. The van der Waals surface area contributed by atoms with Gasteiger partial charge in [0, 0.05) is 42.9 Å². The first-order valence-electron chi connectivity index (χ1n) is 14.7. The lowest BCUT2D eigenvalue weighted by molar-refractivity contribution is -0.131. The number of aliphatic hydroxyl groups excluding tert-OH is 1. The Labute approximate surface area is 238 Å². The fraction of sp³-hybridized carbons (Fsp3) is 0.576. The van der Waals surface area contributed by atoms with Crippen LogP contribution in [0.25, 0.3) is 0 Å². The van der Waals surface area contributed by atoms with Gasteiger partial charge in [-0.15, -0.1) is 6.42 Å². The molecule has 2 aromatic rings. The Morgan fingerprint density at radius 1 is 1.25 bits per heavy atom. The van der Waals surface area contributed by atoms with Gasteiger partial charge in [0.1, 0.15) is 11.7 Å². The number of hydrogen-bond donors (Lipinski definition) is 3. The van der Waals surface area contributed by atoms with Crippen LogP contribution in [0.15, 0.2) is 36.5 Å². The molecular formula is C33H43N3O4. The predicted molar refractivity (Wildman–Crippen MR) is 155 cm³/mol. The number of fused-ring (bicyclic) bond motifs is 1. The minimum Gasteiger partial charge on any atom is -0.471 e. The van der Waals surface area contributed by atoms with Gasteiger partial charge in [-0.2, -0.15) is 0 Å². The van der Waals surface area contributed by atoms with Gasteiger partial charge in [0.2, 0.25) is 11.8 Å². The number of pyridine rings is 1. The first-order valence-corrected chi connectivity index (χ1v) is 14.7. The molecule has 5 rings (SSSR count). The van der Waals surface area contributed by atoms with E-state index in [1.807, 2.05) is 30.5 Å². The molecular weight excluding hydrogens is 502 g/mol. The third-order valence-corrected chi connectivity index (χ3v) is 8.34. The highest BCUT2D eigenvalue weighted by Gasteiger charge is 2.46. The number of aromatic nitrogens is 1. The number of ether oxygens (including phenoxy) is 2. The van der Waals surface area contributed by atoms with Crippen LogP contribution in [0.5, 0.6) is 5.88 Å². The number of rotatable bonds is 9. The number of aliphatic hydroxyl groups is 1. The summed E-state index contributed by atoms with van der Waals surface area (Å²) in [4.78, 5) is 17.7. The van der Waals surface area contributed by atoms with Crippen molar-refractivity contribution in [2.75, 3.05) is 13.2 Å². The topological polar surface area (TPSA) is 92.7 Å². The SMILES string of the molecule is C#Cc1cccc(C[C@H](NC(=O)C2CCCO2)[C@H](O)CN[C@H]2CC3(CCC3)Oc3ncc(CC(C)(C)C)cc32)c1. The molecule has 2 fully saturated rings. The van der Waals surface area contributed by atoms with Gasteiger partial charge in [-0.1, -0.05) is 38.8 Å². The summed E-state index contributed by atoms with van der Waals surface area (Å²) in [5, 5.41) is 18.2. The Bertz CT molecular complexity index is 1240. The van der Waals surface area contributed by atoms with Crippen LogP contribution < -0.4 is 15.4 Å². The summed E-state index contributed by atoms with van der Waals surface area (Å²) < 4.78 is 12.0. The lowest BCUT2D eigenvalue weighted by Gasteiger charge is -2.47. The summed E-state index contributed by atoms with van der Waals surface area (Å²) in [5.41, 5.74) is 3.93. The van der Waals surface area contributed by atoms with Crippen molar-refractivity contribution >= 4 is 5.91 Å². The van der Waals surface area contributed by atoms with Crippen LogP contribution >= 0.6 is 0 Å². The van der Waals surface area contributed by atoms with E-state index in [2.05, 4.69) is 43.4 Å². The molecule has 3 N–H and O–H groups in total. The van der Waals surface area contributed by atoms with E-state index in [4.69, 9.17) is 20.9 Å². The van der Waals surface area contributed by atoms with Gasteiger partial charge < -0.3 is 25.2 Å². The number of amides is 1. The number of hydrogen-bond acceptors (Lipinski definition) is 6. The molecule has 7 nitrogen and oxygen atoms in total. The third kappa shape index (κ3) is 6.86. The summed E-state index contributed by atoms with van der Waals surface area (Å²) >= 11 is 0. The molecule has 1 unspecified atom stereocenters. The quantitative estimate of drug-likeness (QED) is 0.408. The van der Waals surface area contributed by atoms with E-state index < -0.39 is 18.2 Å². The van der Waals surface area contributed by atoms with Gasteiger partial charge in [0.05, 0.1) is 12.1 Å². The largest absolute Gasteiger partial charge is 0.471 e. The molecule has 4 atom stereocenters. The van der Waals surface area contributed by atoms with Crippen molar-refractivity contribution in [3.8, 4) is 18.2 Å². The fourth-order valence-electron chi connectivity index (χ4n) is 6.14. The second kappa shape index (κ2) is 11.9. The lowest BCUT2D eigenvalue weighted by atomic mass is 9.73. The molecule has 1 amide bonds. The Morgan fingerprint density at radius 2 is 2.08 bits per heavy atom. The summed E-state index contributed by atoms with van der Waals surface area (Å²) in [6.07, 6.45) is 13.2. The van der Waals surface area contributed by atoms with E-state index in [-0.39, 0.29) is 23.0 Å². The average Bonchev–Trinajstić information content (AvgIpc) is 3.45. The van der Waals surface area contributed by atoms with Crippen LogP contribution in [0.4, 0.5) is 0 Å². The van der Waals surface area contributed by atoms with Gasteiger partial charge in [0.25, 0.3) is 0 Å². The average molecular weight is 546 g/mol. The maximum absolute atomic E-state index is 13.0. The smallest absolute Gasteiger partial charge is 0.249 e. The molecule has 3 heterocycles. The Hall–Kier alpha value is -2.92. The zero-order chi connectivity index (χ0) is 28.3. The maximum atomic E-state index is 13.0. The van der Waals surface area contributed by atoms with Crippen LogP contribution in [0.2, 0.25) is 0 Å². The molecule has 7 heteroatoms. The molecule has 40 heavy (non-hydrogen) atoms. The molecule has 1 aromatic carbocycles. The fourth-order valence-corrected chi connectivity index (χ4v) is 6.14. The zero-order valence-electron chi connectivity index (χ0n) is 24.0. The molecule has 2 aliphatic heterocycles. The second-order valence-corrected chi connectivity index (χ2v) is 13.0. The third-order valence-electron chi connectivity index (χ3n) is 8.34. The molecule has 1 aliphatic carbocycles. The minimum absolute atomic E-state index is 0.00500. The van der Waals surface area contributed by atoms with E-state index >= 15 is 0 Å². The predicted octanol–water partition coefficient (Wildman–Crippen LogP) is 4.25. The molecule has 0 bridgehead atoms. The molecule has 1 spiro atoms. The first-order chi connectivity index (χ1) is 19.1. The zero-order valence-corrected chi connectivity index (χ0v) is 24.0. The van der Waals surface area contributed by atoms with E-state index in [1.54, 1.807) is 0 Å². The molecule has 1 saturated carbocycles. The number of carbonyl (C=O) groups excluding carboxylic acids is 1. The van der Waals surface area contributed by atoms with E-state index in [1.165, 1.54) is 5.56 Å². The van der Waals surface area contributed by atoms with Crippen LogP contribution in [-0.4, -0.2) is 53.0 Å². The second-order valence-electron chi connectivity index (χ2n) is 13.0. The Balaban J connectivity index is 1.33. The highest BCUT2D eigenvalue weighted by Crippen LogP contribution is 2.48. The number of benzene rings is 1. The van der Waals surface area contributed by atoms with E-state index in [9.17, 15) is 9.90 Å².